The topological polar surface area (TPSA) is 82.3 Å². The first-order valence-corrected chi connectivity index (χ1v) is 9.81. The minimum absolute atomic E-state index is 0.521. The summed E-state index contributed by atoms with van der Waals surface area (Å²) in [7, 11) is 3.28. The van der Waals surface area contributed by atoms with Gasteiger partial charge in [-0.1, -0.05) is 35.0 Å². The van der Waals surface area contributed by atoms with Gasteiger partial charge >= 0.3 is 0 Å². The number of nitrogens with one attached hydrogen (secondary N) is 1. The molecule has 0 saturated carbocycles. The molecule has 7 nitrogen and oxygen atoms in total. The molecular formula is C22H21ClN4O3. The molecule has 0 aliphatic rings. The number of ether oxygens (including phenoxy) is 2. The zero-order valence-corrected chi connectivity index (χ0v) is 17.7. The Morgan fingerprint density at radius 3 is 2.57 bits per heavy atom. The second-order valence-corrected chi connectivity index (χ2v) is 7.13. The van der Waals surface area contributed by atoms with Crippen molar-refractivity contribution in [1.82, 2.24) is 15.1 Å². The molecule has 0 spiro atoms. The SMILES string of the molecule is COc1ccc(CCNc2nc(C)nc3c(-c4ccc(Cl)cc4)noc23)c(OC)c1. The molecule has 0 aliphatic carbocycles. The zero-order valence-electron chi connectivity index (χ0n) is 16.9. The Hall–Kier alpha value is -3.32. The van der Waals surface area contributed by atoms with E-state index in [4.69, 9.17) is 25.6 Å². The lowest BCUT2D eigenvalue weighted by molar-refractivity contribution is 0.391. The van der Waals surface area contributed by atoms with Crippen molar-refractivity contribution in [2.75, 3.05) is 26.1 Å². The number of fused-ring (bicyclic) bond motifs is 1. The van der Waals surface area contributed by atoms with E-state index in [1.54, 1.807) is 14.2 Å². The van der Waals surface area contributed by atoms with Crippen LogP contribution in [0.15, 0.2) is 47.0 Å². The predicted octanol–water partition coefficient (Wildman–Crippen LogP) is 4.92. The average molecular weight is 425 g/mol. The lowest BCUT2D eigenvalue weighted by Gasteiger charge is -2.11. The molecule has 0 radical (unpaired) electrons. The molecule has 0 aliphatic heterocycles. The van der Waals surface area contributed by atoms with Gasteiger partial charge in [0.15, 0.2) is 5.82 Å². The third-order valence-electron chi connectivity index (χ3n) is 4.73. The molecular weight excluding hydrogens is 404 g/mol. The fourth-order valence-electron chi connectivity index (χ4n) is 3.23. The van der Waals surface area contributed by atoms with Crippen LogP contribution in [-0.4, -0.2) is 35.9 Å². The third kappa shape index (κ3) is 4.02. The van der Waals surface area contributed by atoms with Crippen LogP contribution in [0.1, 0.15) is 11.4 Å². The predicted molar refractivity (Wildman–Crippen MR) is 117 cm³/mol. The molecule has 2 heterocycles. The van der Waals surface area contributed by atoms with Crippen LogP contribution >= 0.6 is 11.6 Å². The lowest BCUT2D eigenvalue weighted by atomic mass is 10.1. The van der Waals surface area contributed by atoms with E-state index in [9.17, 15) is 0 Å². The van der Waals surface area contributed by atoms with Crippen LogP contribution in [0.2, 0.25) is 5.02 Å². The van der Waals surface area contributed by atoms with Crippen molar-refractivity contribution in [2.24, 2.45) is 0 Å². The Morgan fingerprint density at radius 2 is 1.83 bits per heavy atom. The summed E-state index contributed by atoms with van der Waals surface area (Å²) in [6.45, 7) is 2.47. The van der Waals surface area contributed by atoms with Crippen molar-refractivity contribution in [3.8, 4) is 22.8 Å². The first-order chi connectivity index (χ1) is 14.6. The van der Waals surface area contributed by atoms with Gasteiger partial charge in [-0.2, -0.15) is 0 Å². The highest BCUT2D eigenvalue weighted by molar-refractivity contribution is 6.30. The first-order valence-electron chi connectivity index (χ1n) is 9.43. The highest BCUT2D eigenvalue weighted by atomic mass is 35.5. The van der Waals surface area contributed by atoms with Gasteiger partial charge in [0, 0.05) is 23.2 Å². The van der Waals surface area contributed by atoms with E-state index in [-0.39, 0.29) is 0 Å². The van der Waals surface area contributed by atoms with Crippen LogP contribution in [0.5, 0.6) is 11.5 Å². The number of nitrogens with zero attached hydrogens (tertiary/aromatic N) is 3. The van der Waals surface area contributed by atoms with E-state index in [0.717, 1.165) is 29.0 Å². The van der Waals surface area contributed by atoms with Gasteiger partial charge in [-0.3, -0.25) is 0 Å². The summed E-state index contributed by atoms with van der Waals surface area (Å²) in [5, 5.41) is 8.21. The molecule has 0 atom stereocenters. The summed E-state index contributed by atoms with van der Waals surface area (Å²) >= 11 is 5.99. The molecule has 1 N–H and O–H groups in total. The smallest absolute Gasteiger partial charge is 0.228 e. The van der Waals surface area contributed by atoms with Gasteiger partial charge in [-0.05, 0) is 37.1 Å². The van der Waals surface area contributed by atoms with E-state index in [1.807, 2.05) is 49.4 Å². The summed E-state index contributed by atoms with van der Waals surface area (Å²) in [4.78, 5) is 9.03. The molecule has 0 saturated heterocycles. The molecule has 0 bridgehead atoms. The van der Waals surface area contributed by atoms with E-state index in [0.29, 0.717) is 40.0 Å². The number of aryl methyl sites for hydroxylation is 1. The molecule has 2 aromatic carbocycles. The third-order valence-corrected chi connectivity index (χ3v) is 4.98. The molecule has 154 valence electrons. The summed E-state index contributed by atoms with van der Waals surface area (Å²) < 4.78 is 16.3. The van der Waals surface area contributed by atoms with Gasteiger partial charge in [-0.15, -0.1) is 0 Å². The standard InChI is InChI=1S/C22H21ClN4O3/c1-13-25-20-19(15-4-7-16(23)8-5-15)27-30-21(20)22(26-13)24-11-10-14-6-9-17(28-2)12-18(14)29-3/h4-9,12H,10-11H2,1-3H3,(H,24,25,26). The van der Waals surface area contributed by atoms with Gasteiger partial charge in [0.1, 0.15) is 28.5 Å². The summed E-state index contributed by atoms with van der Waals surface area (Å²) in [6, 6.07) is 13.2. The van der Waals surface area contributed by atoms with Crippen molar-refractivity contribution in [3.05, 3.63) is 58.9 Å². The van der Waals surface area contributed by atoms with Crippen LogP contribution in [-0.2, 0) is 6.42 Å². The Morgan fingerprint density at radius 1 is 1.03 bits per heavy atom. The monoisotopic (exact) mass is 424 g/mol. The first kappa shape index (κ1) is 20.0. The number of anilines is 1. The normalized spacial score (nSPS) is 10.9. The highest BCUT2D eigenvalue weighted by Gasteiger charge is 2.17. The number of rotatable bonds is 7. The number of aromatic nitrogens is 3. The van der Waals surface area contributed by atoms with Crippen LogP contribution in [0.4, 0.5) is 5.82 Å². The van der Waals surface area contributed by atoms with E-state index >= 15 is 0 Å². The highest BCUT2D eigenvalue weighted by Crippen LogP contribution is 2.31. The van der Waals surface area contributed by atoms with Crippen molar-refractivity contribution in [3.63, 3.8) is 0 Å². The van der Waals surface area contributed by atoms with Gasteiger partial charge < -0.3 is 19.3 Å². The minimum atomic E-state index is 0.521. The van der Waals surface area contributed by atoms with Crippen LogP contribution in [0.25, 0.3) is 22.4 Å². The zero-order chi connectivity index (χ0) is 21.1. The number of methoxy groups -OCH3 is 2. The fourth-order valence-corrected chi connectivity index (χ4v) is 3.36. The largest absolute Gasteiger partial charge is 0.497 e. The fraction of sp³-hybridized carbons (Fsp3) is 0.227. The second-order valence-electron chi connectivity index (χ2n) is 6.69. The maximum absolute atomic E-state index is 5.99. The number of hydrogen-bond donors (Lipinski definition) is 1. The van der Waals surface area contributed by atoms with Crippen molar-refractivity contribution >= 4 is 28.5 Å². The molecule has 0 unspecified atom stereocenters. The van der Waals surface area contributed by atoms with Gasteiger partial charge in [0.2, 0.25) is 5.58 Å². The number of halogens is 1. The summed E-state index contributed by atoms with van der Waals surface area (Å²) in [6.07, 6.45) is 0.732. The average Bonchev–Trinajstić information content (AvgIpc) is 3.18. The van der Waals surface area contributed by atoms with Crippen molar-refractivity contribution in [1.29, 1.82) is 0 Å². The van der Waals surface area contributed by atoms with Crippen LogP contribution in [0, 0.1) is 6.92 Å². The second kappa shape index (κ2) is 8.59. The van der Waals surface area contributed by atoms with Gasteiger partial charge in [0.25, 0.3) is 0 Å². The van der Waals surface area contributed by atoms with E-state index in [1.165, 1.54) is 0 Å². The Balaban J connectivity index is 1.57. The molecule has 30 heavy (non-hydrogen) atoms. The lowest BCUT2D eigenvalue weighted by Crippen LogP contribution is -2.08. The van der Waals surface area contributed by atoms with Crippen LogP contribution < -0.4 is 14.8 Å². The molecule has 0 amide bonds. The van der Waals surface area contributed by atoms with Gasteiger partial charge in [-0.25, -0.2) is 9.97 Å². The Labute approximate surface area is 179 Å². The Bertz CT molecular complexity index is 1180. The maximum Gasteiger partial charge on any atom is 0.228 e. The molecule has 0 fully saturated rings. The van der Waals surface area contributed by atoms with Gasteiger partial charge in [0.05, 0.1) is 14.2 Å². The summed E-state index contributed by atoms with van der Waals surface area (Å²) in [5.41, 5.74) is 3.78. The number of benzene rings is 2. The van der Waals surface area contributed by atoms with Crippen molar-refractivity contribution in [2.45, 2.75) is 13.3 Å². The quantitative estimate of drug-likeness (QED) is 0.451. The summed E-state index contributed by atoms with van der Waals surface area (Å²) in [5.74, 6) is 2.78. The molecule has 4 rings (SSSR count). The molecule has 2 aromatic heterocycles. The van der Waals surface area contributed by atoms with Crippen LogP contribution in [0.3, 0.4) is 0 Å². The Kier molecular flexibility index (Phi) is 5.72. The number of hydrogen-bond acceptors (Lipinski definition) is 7. The molecule has 8 heteroatoms. The molecule has 4 aromatic rings. The van der Waals surface area contributed by atoms with Crippen molar-refractivity contribution < 1.29 is 14.0 Å². The maximum atomic E-state index is 5.99. The van der Waals surface area contributed by atoms with E-state index < -0.39 is 0 Å². The van der Waals surface area contributed by atoms with E-state index in [2.05, 4.69) is 20.4 Å². The minimum Gasteiger partial charge on any atom is -0.497 e.